The third-order valence-electron chi connectivity index (χ3n) is 4.30. The summed E-state index contributed by atoms with van der Waals surface area (Å²) in [6, 6.07) is 17.1. The van der Waals surface area contributed by atoms with E-state index in [2.05, 4.69) is 18.4 Å². The predicted molar refractivity (Wildman–Crippen MR) is 129 cm³/mol. The average Bonchev–Trinajstić information content (AvgIpc) is 2.70. The highest BCUT2D eigenvalue weighted by Gasteiger charge is 2.44. The summed E-state index contributed by atoms with van der Waals surface area (Å²) in [5, 5.41) is 11.8. The van der Waals surface area contributed by atoms with Crippen LogP contribution in [-0.2, 0) is 4.74 Å². The Hall–Kier alpha value is -2.69. The number of primary amides is 1. The van der Waals surface area contributed by atoms with Gasteiger partial charge in [-0.15, -0.1) is 0 Å². The van der Waals surface area contributed by atoms with Crippen molar-refractivity contribution in [2.24, 2.45) is 5.73 Å². The number of carbonyl (C=O) groups excluding carboxylic acids is 1. The molecule has 2 aromatic carbocycles. The number of carbonyl (C=O) groups is 1. The second kappa shape index (κ2) is 12.9. The fourth-order valence-electron chi connectivity index (χ4n) is 3.03. The van der Waals surface area contributed by atoms with Crippen molar-refractivity contribution in [2.45, 2.75) is 18.2 Å². The molecule has 0 fully saturated rings. The van der Waals surface area contributed by atoms with Crippen LogP contribution in [0.15, 0.2) is 60.7 Å². The van der Waals surface area contributed by atoms with Gasteiger partial charge >= 0.3 is 0 Å². The Morgan fingerprint density at radius 1 is 1.03 bits per heavy atom. The highest BCUT2D eigenvalue weighted by atomic mass is 32.1. The van der Waals surface area contributed by atoms with Gasteiger partial charge in [0.2, 0.25) is 0 Å². The Balaban J connectivity index is 0.00000110. The molecule has 0 aromatic heterocycles. The Labute approximate surface area is 193 Å². The second-order valence-corrected chi connectivity index (χ2v) is 7.83. The zero-order valence-electron chi connectivity index (χ0n) is 17.9. The molecule has 0 radical (unpaired) electrons. The Morgan fingerprint density at radius 2 is 1.45 bits per heavy atom. The molecule has 0 bridgehead atoms. The number of amides is 1. The van der Waals surface area contributed by atoms with E-state index in [4.69, 9.17) is 21.7 Å². The third kappa shape index (κ3) is 8.52. The van der Waals surface area contributed by atoms with Crippen molar-refractivity contribution in [3.8, 4) is 0 Å². The number of hydrogen-bond acceptors (Lipinski definition) is 6. The highest BCUT2D eigenvalue weighted by molar-refractivity contribution is 7.96. The van der Waals surface area contributed by atoms with Gasteiger partial charge in [-0.25, -0.2) is 0 Å². The summed E-state index contributed by atoms with van der Waals surface area (Å²) in [4.78, 5) is 24.5. The standard InChI is InChI=1S/C20H25N3O3S.CH3NOS/c1-21(2)17(15-11-7-5-8-12-15)18(23(24)25)19(26-20(27)22(3)4)16-13-9-6-10-14-16;2-1(3)4/h5-14,17-19H,1-4H3;(H3,2,3,4). The lowest BCUT2D eigenvalue weighted by Crippen LogP contribution is -2.43. The number of nitrogens with two attached hydrogens (primary N) is 1. The summed E-state index contributed by atoms with van der Waals surface area (Å²) in [5.41, 5.74) is 5.90. The van der Waals surface area contributed by atoms with Gasteiger partial charge in [0.25, 0.3) is 16.5 Å². The number of hydrogen-bond donors (Lipinski definition) is 2. The first-order valence-corrected chi connectivity index (χ1v) is 10.2. The first-order valence-electron chi connectivity index (χ1n) is 9.32. The average molecular weight is 465 g/mol. The second-order valence-electron chi connectivity index (χ2n) is 7.04. The molecule has 0 aliphatic carbocycles. The van der Waals surface area contributed by atoms with E-state index < -0.39 is 23.4 Å². The number of thiol groups is 1. The van der Waals surface area contributed by atoms with E-state index in [9.17, 15) is 10.1 Å². The first-order chi connectivity index (χ1) is 14.6. The van der Waals surface area contributed by atoms with Gasteiger partial charge in [-0.1, -0.05) is 73.3 Å². The summed E-state index contributed by atoms with van der Waals surface area (Å²) >= 11 is 8.40. The highest BCUT2D eigenvalue weighted by Crippen LogP contribution is 2.35. The molecule has 0 aliphatic heterocycles. The molecule has 2 rings (SSSR count). The van der Waals surface area contributed by atoms with Crippen LogP contribution in [-0.4, -0.2) is 59.4 Å². The molecule has 0 saturated heterocycles. The molecule has 31 heavy (non-hydrogen) atoms. The molecule has 2 aromatic rings. The number of ether oxygens (including phenoxy) is 1. The van der Waals surface area contributed by atoms with E-state index in [1.807, 2.05) is 79.7 Å². The van der Waals surface area contributed by atoms with E-state index in [1.165, 1.54) is 0 Å². The number of nitrogens with zero attached hydrogens (tertiary/aromatic N) is 3. The lowest BCUT2D eigenvalue weighted by atomic mass is 9.91. The van der Waals surface area contributed by atoms with Gasteiger partial charge in [-0.3, -0.25) is 19.8 Å². The van der Waals surface area contributed by atoms with Crippen molar-refractivity contribution in [1.82, 2.24) is 9.80 Å². The largest absolute Gasteiger partial charge is 0.455 e. The van der Waals surface area contributed by atoms with Gasteiger partial charge in [0.1, 0.15) is 6.04 Å². The number of thiocarbonyl (C=S) groups is 1. The normalized spacial score (nSPS) is 13.2. The zero-order valence-corrected chi connectivity index (χ0v) is 19.6. The van der Waals surface area contributed by atoms with Crippen LogP contribution >= 0.6 is 24.8 Å². The molecule has 3 unspecified atom stereocenters. The molecule has 0 aliphatic rings. The summed E-state index contributed by atoms with van der Waals surface area (Å²) < 4.78 is 5.96. The molecule has 3 atom stereocenters. The molecule has 2 N–H and O–H groups in total. The molecule has 0 heterocycles. The number of likely N-dealkylation sites (N-methyl/N-ethyl adjacent to an activating group) is 1. The van der Waals surface area contributed by atoms with E-state index >= 15 is 0 Å². The van der Waals surface area contributed by atoms with Gasteiger partial charge in [-0.2, -0.15) is 0 Å². The van der Waals surface area contributed by atoms with Crippen molar-refractivity contribution in [3.63, 3.8) is 0 Å². The Morgan fingerprint density at radius 3 is 1.81 bits per heavy atom. The molecule has 0 spiro atoms. The minimum Gasteiger partial charge on any atom is -0.455 e. The SMILES string of the molecule is CN(C)C(=S)OC(c1ccccc1)C(C(c1ccccc1)N(C)C)[N+](=O)[O-].NC(=O)S. The first kappa shape index (κ1) is 26.3. The number of benzene rings is 2. The predicted octanol–water partition coefficient (Wildman–Crippen LogP) is 3.53. The number of nitro groups is 1. The van der Waals surface area contributed by atoms with Crippen LogP contribution in [0.3, 0.4) is 0 Å². The lowest BCUT2D eigenvalue weighted by molar-refractivity contribution is -0.544. The monoisotopic (exact) mass is 464 g/mol. The maximum absolute atomic E-state index is 12.2. The van der Waals surface area contributed by atoms with Crippen molar-refractivity contribution in [3.05, 3.63) is 81.9 Å². The summed E-state index contributed by atoms with van der Waals surface area (Å²) in [6.07, 6.45) is -0.830. The maximum atomic E-state index is 12.2. The molecule has 10 heteroatoms. The van der Waals surface area contributed by atoms with Crippen LogP contribution in [0, 0.1) is 10.1 Å². The third-order valence-corrected chi connectivity index (χ3v) is 4.76. The molecular weight excluding hydrogens is 436 g/mol. The Bertz CT molecular complexity index is 847. The Kier molecular flexibility index (Phi) is 10.9. The van der Waals surface area contributed by atoms with E-state index in [1.54, 1.807) is 19.0 Å². The smallest absolute Gasteiger partial charge is 0.273 e. The van der Waals surface area contributed by atoms with Crippen molar-refractivity contribution in [2.75, 3.05) is 28.2 Å². The van der Waals surface area contributed by atoms with Crippen LogP contribution in [0.4, 0.5) is 4.79 Å². The summed E-state index contributed by atoms with van der Waals surface area (Å²) in [5.74, 6) is 0. The molecule has 168 valence electrons. The maximum Gasteiger partial charge on any atom is 0.273 e. The fourth-order valence-corrected chi connectivity index (χ4v) is 3.14. The van der Waals surface area contributed by atoms with Crippen molar-refractivity contribution >= 4 is 35.3 Å². The lowest BCUT2D eigenvalue weighted by Gasteiger charge is -2.33. The van der Waals surface area contributed by atoms with Crippen LogP contribution in [0.25, 0.3) is 0 Å². The van der Waals surface area contributed by atoms with Gasteiger partial charge in [0, 0.05) is 19.0 Å². The van der Waals surface area contributed by atoms with Crippen LogP contribution in [0.2, 0.25) is 0 Å². The van der Waals surface area contributed by atoms with Gasteiger partial charge in [0.05, 0.1) is 0 Å². The van der Waals surface area contributed by atoms with E-state index in [0.29, 0.717) is 5.56 Å². The fraction of sp³-hybridized carbons (Fsp3) is 0.333. The van der Waals surface area contributed by atoms with Crippen LogP contribution in [0.1, 0.15) is 23.3 Å². The zero-order chi connectivity index (χ0) is 23.6. The van der Waals surface area contributed by atoms with Gasteiger partial charge in [0.15, 0.2) is 6.10 Å². The number of rotatable bonds is 7. The topological polar surface area (TPSA) is 102 Å². The van der Waals surface area contributed by atoms with Gasteiger partial charge in [-0.05, 0) is 37.4 Å². The van der Waals surface area contributed by atoms with E-state index in [-0.39, 0.29) is 10.1 Å². The summed E-state index contributed by atoms with van der Waals surface area (Å²) in [6.45, 7) is 0. The van der Waals surface area contributed by atoms with Crippen molar-refractivity contribution < 1.29 is 14.5 Å². The van der Waals surface area contributed by atoms with Gasteiger partial charge < -0.3 is 15.4 Å². The molecule has 8 nitrogen and oxygen atoms in total. The minimum atomic E-state index is -1.05. The summed E-state index contributed by atoms with van der Waals surface area (Å²) in [7, 11) is 7.18. The van der Waals surface area contributed by atoms with E-state index in [0.717, 1.165) is 5.56 Å². The molecule has 0 saturated carbocycles. The quantitative estimate of drug-likeness (QED) is 0.280. The molecular formula is C21H28N4O4S2. The van der Waals surface area contributed by atoms with Crippen LogP contribution in [0.5, 0.6) is 0 Å². The minimum absolute atomic E-state index is 0.210. The van der Waals surface area contributed by atoms with Crippen LogP contribution < -0.4 is 5.73 Å². The van der Waals surface area contributed by atoms with Crippen molar-refractivity contribution in [1.29, 1.82) is 0 Å². The molecule has 1 amide bonds.